The fourth-order valence-corrected chi connectivity index (χ4v) is 4.04. The van der Waals surface area contributed by atoms with Crippen LogP contribution in [0.15, 0.2) is 0 Å². The summed E-state index contributed by atoms with van der Waals surface area (Å²) in [6.45, 7) is 3.06. The van der Waals surface area contributed by atoms with E-state index >= 15 is 0 Å². The number of rotatable bonds is 7. The summed E-state index contributed by atoms with van der Waals surface area (Å²) in [6, 6.07) is 0.608. The van der Waals surface area contributed by atoms with Gasteiger partial charge < -0.3 is 15.3 Å². The number of aromatic nitrogens is 3. The number of aliphatic hydroxyl groups is 1. The predicted molar refractivity (Wildman–Crippen MR) is 94.3 cm³/mol. The number of carbonyl (C=O) groups is 1. The molecule has 7 heteroatoms. The number of hydrogen-bond acceptors (Lipinski definition) is 5. The van der Waals surface area contributed by atoms with E-state index in [0.29, 0.717) is 19.0 Å². The van der Waals surface area contributed by atoms with Gasteiger partial charge in [0.25, 0.3) is 0 Å². The van der Waals surface area contributed by atoms with Gasteiger partial charge in [0.15, 0.2) is 0 Å². The largest absolute Gasteiger partial charge is 0.393 e. The molecule has 4 rings (SSSR count). The maximum Gasteiger partial charge on any atom is 0.227 e. The molecule has 0 aromatic carbocycles. The number of nitrogens with one attached hydrogen (secondary N) is 1. The highest BCUT2D eigenvalue weighted by atomic mass is 16.3. The van der Waals surface area contributed by atoms with Crippen LogP contribution in [0.4, 0.5) is 5.95 Å². The molecular weight excluding hydrogens is 318 g/mol. The summed E-state index contributed by atoms with van der Waals surface area (Å²) in [4.78, 5) is 13.4. The van der Waals surface area contributed by atoms with E-state index in [9.17, 15) is 9.90 Å². The van der Waals surface area contributed by atoms with Gasteiger partial charge in [0, 0.05) is 44.9 Å². The van der Waals surface area contributed by atoms with Gasteiger partial charge in [-0.05, 0) is 44.4 Å². The number of carbonyl (C=O) groups excluding carboxylic acids is 1. The van der Waals surface area contributed by atoms with Crippen molar-refractivity contribution in [3.63, 3.8) is 0 Å². The van der Waals surface area contributed by atoms with Gasteiger partial charge >= 0.3 is 0 Å². The zero-order valence-corrected chi connectivity index (χ0v) is 15.2. The van der Waals surface area contributed by atoms with Crippen molar-refractivity contribution in [2.75, 3.05) is 18.5 Å². The molecule has 0 saturated heterocycles. The van der Waals surface area contributed by atoms with Crippen molar-refractivity contribution in [1.29, 1.82) is 0 Å². The summed E-state index contributed by atoms with van der Waals surface area (Å²) in [5, 5.41) is 22.3. The lowest BCUT2D eigenvalue weighted by Gasteiger charge is -2.20. The van der Waals surface area contributed by atoms with Crippen LogP contribution in [0.5, 0.6) is 0 Å². The van der Waals surface area contributed by atoms with Crippen molar-refractivity contribution in [2.24, 2.45) is 11.8 Å². The molecule has 0 unspecified atom stereocenters. The Morgan fingerprint density at radius 3 is 2.68 bits per heavy atom. The molecule has 3 aliphatic carbocycles. The minimum absolute atomic E-state index is 0.0408. The fourth-order valence-electron chi connectivity index (χ4n) is 4.04. The maximum absolute atomic E-state index is 11.2. The molecule has 1 aromatic rings. The third kappa shape index (κ3) is 3.66. The number of anilines is 1. The fraction of sp³-hybridized carbons (Fsp3) is 0.833. The highest BCUT2D eigenvalue weighted by Crippen LogP contribution is 2.41. The van der Waals surface area contributed by atoms with Gasteiger partial charge in [-0.25, -0.2) is 0 Å². The second-order valence-corrected chi connectivity index (χ2v) is 8.19. The van der Waals surface area contributed by atoms with E-state index in [1.54, 1.807) is 0 Å². The molecule has 3 saturated carbocycles. The van der Waals surface area contributed by atoms with Crippen molar-refractivity contribution in [3.05, 3.63) is 5.82 Å². The van der Waals surface area contributed by atoms with Crippen LogP contribution < -0.4 is 10.2 Å². The number of nitrogens with zero attached hydrogens (tertiary/aromatic N) is 4. The van der Waals surface area contributed by atoms with Crippen LogP contribution in [0, 0.1) is 11.8 Å². The van der Waals surface area contributed by atoms with E-state index in [4.69, 9.17) is 0 Å². The Bertz CT molecular complexity index is 637. The van der Waals surface area contributed by atoms with E-state index in [0.717, 1.165) is 30.7 Å². The Balaban J connectivity index is 1.52. The van der Waals surface area contributed by atoms with Gasteiger partial charge in [-0.1, -0.05) is 0 Å². The second-order valence-electron chi connectivity index (χ2n) is 8.19. The average Bonchev–Trinajstić information content (AvgIpc) is 3.47. The molecule has 0 spiro atoms. The van der Waals surface area contributed by atoms with Gasteiger partial charge in [0.05, 0.1) is 6.10 Å². The van der Waals surface area contributed by atoms with Crippen molar-refractivity contribution >= 4 is 11.9 Å². The van der Waals surface area contributed by atoms with Gasteiger partial charge in [0.1, 0.15) is 5.82 Å². The maximum atomic E-state index is 11.2. The predicted octanol–water partition coefficient (Wildman–Crippen LogP) is 1.28. The third-order valence-electron chi connectivity index (χ3n) is 5.94. The van der Waals surface area contributed by atoms with Crippen LogP contribution in [0.1, 0.15) is 57.2 Å². The van der Waals surface area contributed by atoms with Crippen LogP contribution in [-0.4, -0.2) is 51.5 Å². The van der Waals surface area contributed by atoms with Crippen LogP contribution in [0.3, 0.4) is 0 Å². The molecule has 3 atom stereocenters. The topological polar surface area (TPSA) is 83.3 Å². The van der Waals surface area contributed by atoms with E-state index in [1.165, 1.54) is 32.6 Å². The molecule has 2 N–H and O–H groups in total. The Morgan fingerprint density at radius 1 is 1.28 bits per heavy atom. The van der Waals surface area contributed by atoms with Gasteiger partial charge in [-0.3, -0.25) is 9.36 Å². The minimum atomic E-state index is -0.382. The first-order valence-electron chi connectivity index (χ1n) is 9.61. The quantitative estimate of drug-likeness (QED) is 0.776. The minimum Gasteiger partial charge on any atom is -0.393 e. The molecule has 3 fully saturated rings. The Morgan fingerprint density at radius 2 is 2.04 bits per heavy atom. The molecule has 3 aliphatic rings. The van der Waals surface area contributed by atoms with Crippen LogP contribution in [-0.2, 0) is 11.3 Å². The molecule has 0 aliphatic heterocycles. The van der Waals surface area contributed by atoms with Crippen LogP contribution in [0.2, 0.25) is 0 Å². The Labute approximate surface area is 148 Å². The van der Waals surface area contributed by atoms with Crippen molar-refractivity contribution in [3.8, 4) is 0 Å². The SMILES string of the molecule is CC(=O)NC[C@H]1C[C@H](c2nnc(N(C)C3CC3)n2CC2CC2)C[C@H]1O. The number of hydrogen-bond donors (Lipinski definition) is 2. The van der Waals surface area contributed by atoms with Crippen LogP contribution in [0.25, 0.3) is 0 Å². The van der Waals surface area contributed by atoms with E-state index in [2.05, 4.69) is 32.0 Å². The first kappa shape index (κ1) is 16.8. The van der Waals surface area contributed by atoms with Gasteiger partial charge in [0.2, 0.25) is 11.9 Å². The highest BCUT2D eigenvalue weighted by Gasteiger charge is 2.39. The molecular formula is C18H29N5O2. The molecule has 25 heavy (non-hydrogen) atoms. The summed E-state index contributed by atoms with van der Waals surface area (Å²) in [7, 11) is 2.12. The van der Waals surface area contributed by atoms with Gasteiger partial charge in [-0.2, -0.15) is 0 Å². The van der Waals surface area contributed by atoms with Gasteiger partial charge in [-0.15, -0.1) is 10.2 Å². The normalized spacial score (nSPS) is 29.0. The van der Waals surface area contributed by atoms with Crippen molar-refractivity contribution in [2.45, 2.75) is 70.1 Å². The molecule has 1 amide bonds. The van der Waals surface area contributed by atoms with E-state index < -0.39 is 0 Å². The molecule has 138 valence electrons. The number of aliphatic hydroxyl groups excluding tert-OH is 1. The number of amides is 1. The summed E-state index contributed by atoms with van der Waals surface area (Å²) in [6.07, 6.45) is 6.25. The summed E-state index contributed by atoms with van der Waals surface area (Å²) in [5.74, 6) is 3.05. The molecule has 1 heterocycles. The average molecular weight is 347 g/mol. The zero-order chi connectivity index (χ0) is 17.6. The lowest BCUT2D eigenvalue weighted by Crippen LogP contribution is -2.30. The smallest absolute Gasteiger partial charge is 0.227 e. The van der Waals surface area contributed by atoms with Crippen molar-refractivity contribution in [1.82, 2.24) is 20.1 Å². The first-order valence-corrected chi connectivity index (χ1v) is 9.61. The highest BCUT2D eigenvalue weighted by molar-refractivity contribution is 5.72. The third-order valence-corrected chi connectivity index (χ3v) is 5.94. The lowest BCUT2D eigenvalue weighted by molar-refractivity contribution is -0.119. The zero-order valence-electron chi connectivity index (χ0n) is 15.2. The molecule has 1 aromatic heterocycles. The lowest BCUT2D eigenvalue weighted by atomic mass is 10.0. The van der Waals surface area contributed by atoms with E-state index in [1.807, 2.05) is 0 Å². The van der Waals surface area contributed by atoms with Crippen molar-refractivity contribution < 1.29 is 9.90 Å². The molecule has 0 radical (unpaired) electrons. The van der Waals surface area contributed by atoms with Crippen LogP contribution >= 0.6 is 0 Å². The summed E-state index contributed by atoms with van der Waals surface area (Å²) in [5.41, 5.74) is 0. The molecule has 0 bridgehead atoms. The van der Waals surface area contributed by atoms with E-state index in [-0.39, 0.29) is 23.8 Å². The standard InChI is InChI=1S/C18H29N5O2/c1-11(24)19-9-14-7-13(8-16(14)25)17-20-21-18(22(2)15-5-6-15)23(17)10-12-3-4-12/h12-16,25H,3-10H2,1-2H3,(H,19,24)/t13-,14+,16+/m0/s1. The monoisotopic (exact) mass is 347 g/mol. The molecule has 7 nitrogen and oxygen atoms in total. The second kappa shape index (κ2) is 6.59. The first-order chi connectivity index (χ1) is 12.0. The Kier molecular flexibility index (Phi) is 4.43. The summed E-state index contributed by atoms with van der Waals surface area (Å²) >= 11 is 0. The Hall–Kier alpha value is -1.63. The summed E-state index contributed by atoms with van der Waals surface area (Å²) < 4.78 is 2.31.